The first kappa shape index (κ1) is 18.7. The lowest BCUT2D eigenvalue weighted by atomic mass is 10.0. The van der Waals surface area contributed by atoms with Gasteiger partial charge in [-0.05, 0) is 35.7 Å². The van der Waals surface area contributed by atoms with Gasteiger partial charge in [0.1, 0.15) is 11.8 Å². The van der Waals surface area contributed by atoms with E-state index in [1.54, 1.807) is 13.2 Å². The SMILES string of the molecule is COc1cccc(NC(=O)C(NCc2ccccc2C)c2ccccc2)c1. The average Bonchev–Trinajstić information content (AvgIpc) is 2.70. The number of ether oxygens (including phenoxy) is 1. The molecule has 4 heteroatoms. The zero-order valence-corrected chi connectivity index (χ0v) is 15.6. The van der Waals surface area contributed by atoms with Crippen LogP contribution in [0.3, 0.4) is 0 Å². The average molecular weight is 360 g/mol. The van der Waals surface area contributed by atoms with Crippen molar-refractivity contribution in [1.29, 1.82) is 0 Å². The number of aryl methyl sites for hydroxylation is 1. The van der Waals surface area contributed by atoms with E-state index >= 15 is 0 Å². The summed E-state index contributed by atoms with van der Waals surface area (Å²) in [5.74, 6) is 0.597. The molecule has 0 spiro atoms. The Labute approximate surface area is 160 Å². The first-order valence-corrected chi connectivity index (χ1v) is 8.95. The van der Waals surface area contributed by atoms with Crippen molar-refractivity contribution in [3.63, 3.8) is 0 Å². The minimum atomic E-state index is -0.461. The number of anilines is 1. The van der Waals surface area contributed by atoms with Gasteiger partial charge in [-0.25, -0.2) is 0 Å². The third-order valence-electron chi connectivity index (χ3n) is 4.49. The van der Waals surface area contributed by atoms with Crippen molar-refractivity contribution in [2.24, 2.45) is 0 Å². The number of carbonyl (C=O) groups excluding carboxylic acids is 1. The molecule has 138 valence electrons. The fraction of sp³-hybridized carbons (Fsp3) is 0.174. The van der Waals surface area contributed by atoms with Gasteiger partial charge in [0, 0.05) is 18.3 Å². The number of hydrogen-bond donors (Lipinski definition) is 2. The van der Waals surface area contributed by atoms with Gasteiger partial charge in [0.05, 0.1) is 7.11 Å². The molecule has 1 amide bonds. The van der Waals surface area contributed by atoms with Crippen molar-refractivity contribution in [2.75, 3.05) is 12.4 Å². The second kappa shape index (κ2) is 9.01. The molecule has 0 heterocycles. The first-order valence-electron chi connectivity index (χ1n) is 8.95. The summed E-state index contributed by atoms with van der Waals surface area (Å²) in [5, 5.41) is 6.38. The standard InChI is InChI=1S/C23H24N2O2/c1-17-9-6-7-12-19(17)16-24-22(18-10-4-3-5-11-18)23(26)25-20-13-8-14-21(15-20)27-2/h3-15,22,24H,16H2,1-2H3,(H,25,26). The van der Waals surface area contributed by atoms with Gasteiger partial charge in [-0.2, -0.15) is 0 Å². The number of benzene rings is 3. The maximum atomic E-state index is 13.0. The highest BCUT2D eigenvalue weighted by Crippen LogP contribution is 2.20. The summed E-state index contributed by atoms with van der Waals surface area (Å²) in [7, 11) is 1.61. The van der Waals surface area contributed by atoms with Crippen molar-refractivity contribution >= 4 is 11.6 Å². The molecule has 3 aromatic rings. The predicted molar refractivity (Wildman–Crippen MR) is 109 cm³/mol. The summed E-state index contributed by atoms with van der Waals surface area (Å²) in [4.78, 5) is 13.0. The minimum absolute atomic E-state index is 0.108. The van der Waals surface area contributed by atoms with E-state index in [2.05, 4.69) is 29.7 Å². The second-order valence-electron chi connectivity index (χ2n) is 6.37. The fourth-order valence-corrected chi connectivity index (χ4v) is 2.94. The molecule has 0 fully saturated rings. The van der Waals surface area contributed by atoms with E-state index in [9.17, 15) is 4.79 Å². The van der Waals surface area contributed by atoms with Crippen LogP contribution in [0.25, 0.3) is 0 Å². The minimum Gasteiger partial charge on any atom is -0.497 e. The molecule has 0 bridgehead atoms. The Bertz CT molecular complexity index is 894. The normalized spacial score (nSPS) is 11.6. The smallest absolute Gasteiger partial charge is 0.246 e. The van der Waals surface area contributed by atoms with Gasteiger partial charge >= 0.3 is 0 Å². The van der Waals surface area contributed by atoms with Crippen LogP contribution in [-0.4, -0.2) is 13.0 Å². The summed E-state index contributed by atoms with van der Waals surface area (Å²) in [6.45, 7) is 2.68. The van der Waals surface area contributed by atoms with E-state index < -0.39 is 6.04 Å². The molecule has 0 saturated carbocycles. The molecular formula is C23H24N2O2. The van der Waals surface area contributed by atoms with Crippen LogP contribution in [-0.2, 0) is 11.3 Å². The number of amides is 1. The highest BCUT2D eigenvalue weighted by molar-refractivity contribution is 5.95. The Kier molecular flexibility index (Phi) is 6.23. The van der Waals surface area contributed by atoms with E-state index in [-0.39, 0.29) is 5.91 Å². The van der Waals surface area contributed by atoms with Crippen molar-refractivity contribution in [1.82, 2.24) is 5.32 Å². The third kappa shape index (κ3) is 4.96. The lowest BCUT2D eigenvalue weighted by Crippen LogP contribution is -2.32. The molecule has 2 N–H and O–H groups in total. The number of carbonyl (C=O) groups is 1. The predicted octanol–water partition coefficient (Wildman–Crippen LogP) is 4.47. The Balaban J connectivity index is 1.79. The summed E-state index contributed by atoms with van der Waals surface area (Å²) >= 11 is 0. The molecule has 0 aliphatic heterocycles. The fourth-order valence-electron chi connectivity index (χ4n) is 2.94. The summed E-state index contributed by atoms with van der Waals surface area (Å²) in [6.07, 6.45) is 0. The number of hydrogen-bond acceptors (Lipinski definition) is 3. The van der Waals surface area contributed by atoms with Crippen molar-refractivity contribution < 1.29 is 9.53 Å². The molecule has 0 radical (unpaired) electrons. The van der Waals surface area contributed by atoms with Gasteiger partial charge in [0.2, 0.25) is 5.91 Å². The summed E-state index contributed by atoms with van der Waals surface area (Å²) in [5.41, 5.74) is 4.00. The van der Waals surface area contributed by atoms with E-state index in [0.29, 0.717) is 18.0 Å². The molecule has 3 aromatic carbocycles. The first-order chi connectivity index (χ1) is 13.2. The van der Waals surface area contributed by atoms with Crippen LogP contribution in [0.2, 0.25) is 0 Å². The second-order valence-corrected chi connectivity index (χ2v) is 6.37. The molecule has 4 nitrogen and oxygen atoms in total. The zero-order chi connectivity index (χ0) is 19.1. The van der Waals surface area contributed by atoms with Crippen LogP contribution in [0.5, 0.6) is 5.75 Å². The Morgan fingerprint density at radius 2 is 1.70 bits per heavy atom. The summed E-state index contributed by atoms with van der Waals surface area (Å²) < 4.78 is 5.23. The van der Waals surface area contributed by atoms with Gasteiger partial charge in [-0.1, -0.05) is 60.7 Å². The van der Waals surface area contributed by atoms with Crippen LogP contribution in [0.15, 0.2) is 78.9 Å². The van der Waals surface area contributed by atoms with Crippen molar-refractivity contribution in [3.05, 3.63) is 95.6 Å². The number of rotatable bonds is 7. The zero-order valence-electron chi connectivity index (χ0n) is 15.6. The Morgan fingerprint density at radius 3 is 2.44 bits per heavy atom. The van der Waals surface area contributed by atoms with Crippen LogP contribution >= 0.6 is 0 Å². The van der Waals surface area contributed by atoms with Crippen LogP contribution in [0.1, 0.15) is 22.7 Å². The Morgan fingerprint density at radius 1 is 0.963 bits per heavy atom. The van der Waals surface area contributed by atoms with E-state index in [0.717, 1.165) is 5.56 Å². The molecule has 0 aliphatic carbocycles. The van der Waals surface area contributed by atoms with Crippen LogP contribution < -0.4 is 15.4 Å². The van der Waals surface area contributed by atoms with Gasteiger partial charge in [0.25, 0.3) is 0 Å². The lowest BCUT2D eigenvalue weighted by Gasteiger charge is -2.20. The molecule has 3 rings (SSSR count). The largest absolute Gasteiger partial charge is 0.497 e. The molecule has 0 aromatic heterocycles. The van der Waals surface area contributed by atoms with Gasteiger partial charge < -0.3 is 10.1 Å². The van der Waals surface area contributed by atoms with Gasteiger partial charge in [-0.3, -0.25) is 10.1 Å². The quantitative estimate of drug-likeness (QED) is 0.653. The molecule has 1 unspecified atom stereocenters. The summed E-state index contributed by atoms with van der Waals surface area (Å²) in [6, 6.07) is 24.8. The number of methoxy groups -OCH3 is 1. The molecule has 27 heavy (non-hydrogen) atoms. The highest BCUT2D eigenvalue weighted by atomic mass is 16.5. The van der Waals surface area contributed by atoms with E-state index in [4.69, 9.17) is 4.74 Å². The molecular weight excluding hydrogens is 336 g/mol. The maximum Gasteiger partial charge on any atom is 0.246 e. The Hall–Kier alpha value is -3.11. The lowest BCUT2D eigenvalue weighted by molar-refractivity contribution is -0.118. The maximum absolute atomic E-state index is 13.0. The van der Waals surface area contributed by atoms with E-state index in [1.165, 1.54) is 11.1 Å². The highest BCUT2D eigenvalue weighted by Gasteiger charge is 2.20. The van der Waals surface area contributed by atoms with Gasteiger partial charge in [0.15, 0.2) is 0 Å². The van der Waals surface area contributed by atoms with Crippen LogP contribution in [0, 0.1) is 6.92 Å². The monoisotopic (exact) mass is 360 g/mol. The topological polar surface area (TPSA) is 50.4 Å². The van der Waals surface area contributed by atoms with E-state index in [1.807, 2.05) is 60.7 Å². The third-order valence-corrected chi connectivity index (χ3v) is 4.49. The van der Waals surface area contributed by atoms with Crippen molar-refractivity contribution in [3.8, 4) is 5.75 Å². The van der Waals surface area contributed by atoms with Crippen molar-refractivity contribution in [2.45, 2.75) is 19.5 Å². The molecule has 0 aliphatic rings. The molecule has 0 saturated heterocycles. The van der Waals surface area contributed by atoms with Crippen LogP contribution in [0.4, 0.5) is 5.69 Å². The number of nitrogens with one attached hydrogen (secondary N) is 2. The van der Waals surface area contributed by atoms with Gasteiger partial charge in [-0.15, -0.1) is 0 Å². The molecule has 1 atom stereocenters.